The molecule has 1 aromatic rings. The van der Waals surface area contributed by atoms with Gasteiger partial charge in [0.2, 0.25) is 0 Å². The molecule has 4 rings (SSSR count). The molecule has 7 nitrogen and oxygen atoms in total. The monoisotopic (exact) mass is 351 g/mol. The van der Waals surface area contributed by atoms with Gasteiger partial charge in [0.15, 0.2) is 6.29 Å². The summed E-state index contributed by atoms with van der Waals surface area (Å²) in [5, 5.41) is 3.16. The van der Waals surface area contributed by atoms with Gasteiger partial charge in [-0.05, 0) is 31.5 Å². The van der Waals surface area contributed by atoms with Gasteiger partial charge >= 0.3 is 0 Å². The minimum absolute atomic E-state index is 0.144. The zero-order chi connectivity index (χ0) is 16.6. The molecule has 130 valence electrons. The first kappa shape index (κ1) is 16.0. The zero-order valence-electron chi connectivity index (χ0n) is 13.3. The number of fused-ring (bicyclic) bond motifs is 1. The number of likely N-dealkylation sites (tertiary alicyclic amines) is 1. The maximum Gasteiger partial charge on any atom is 0.286 e. The van der Waals surface area contributed by atoms with Gasteiger partial charge in [-0.3, -0.25) is 4.90 Å². The number of ether oxygens (including phenoxy) is 2. The van der Waals surface area contributed by atoms with Crippen molar-refractivity contribution >= 4 is 21.5 Å². The molecule has 0 amide bonds. The van der Waals surface area contributed by atoms with Crippen LogP contribution in [0.4, 0.5) is 5.69 Å². The summed E-state index contributed by atoms with van der Waals surface area (Å²) in [5.41, 5.74) is 0.587. The van der Waals surface area contributed by atoms with Crippen LogP contribution in [0.15, 0.2) is 33.6 Å². The lowest BCUT2D eigenvalue weighted by atomic mass is 10.0. The number of sulfonamides is 1. The zero-order valence-corrected chi connectivity index (χ0v) is 14.2. The smallest absolute Gasteiger partial charge is 0.286 e. The van der Waals surface area contributed by atoms with Crippen molar-refractivity contribution in [3.63, 3.8) is 0 Å². The lowest BCUT2D eigenvalue weighted by molar-refractivity contribution is -0.106. The fourth-order valence-electron chi connectivity index (χ4n) is 3.55. The van der Waals surface area contributed by atoms with E-state index in [1.807, 2.05) is 6.07 Å². The molecular formula is C16H21N3O4S. The van der Waals surface area contributed by atoms with Gasteiger partial charge in [-0.2, -0.15) is 8.42 Å². The van der Waals surface area contributed by atoms with Crippen LogP contribution in [0.25, 0.3) is 0 Å². The molecule has 1 aromatic carbocycles. The molecular weight excluding hydrogens is 330 g/mol. The molecule has 3 heterocycles. The molecule has 0 radical (unpaired) electrons. The van der Waals surface area contributed by atoms with E-state index in [4.69, 9.17) is 9.47 Å². The van der Waals surface area contributed by atoms with Crippen LogP contribution in [0.1, 0.15) is 19.3 Å². The standard InChI is InChI=1S/C16H21N3O4S/c20-24(21)14-7-2-1-5-12(14)17-15(18-24)11-19-8-4-3-6-13(19)16-22-9-10-23-16/h1-2,5,7,13,16H,3-4,6,8-11H2,(H,17,18). The average Bonchev–Trinajstić information content (AvgIpc) is 3.09. The predicted molar refractivity (Wildman–Crippen MR) is 89.6 cm³/mol. The van der Waals surface area contributed by atoms with Crippen LogP contribution < -0.4 is 5.32 Å². The Morgan fingerprint density at radius 2 is 2.00 bits per heavy atom. The molecule has 1 atom stereocenters. The Kier molecular flexibility index (Phi) is 4.29. The normalized spacial score (nSPS) is 27.3. The highest BCUT2D eigenvalue weighted by molar-refractivity contribution is 7.90. The van der Waals surface area contributed by atoms with Gasteiger partial charge in [0.05, 0.1) is 31.5 Å². The van der Waals surface area contributed by atoms with E-state index in [2.05, 4.69) is 14.6 Å². The third-order valence-corrected chi connectivity index (χ3v) is 6.03. The van der Waals surface area contributed by atoms with Crippen molar-refractivity contribution in [2.45, 2.75) is 36.5 Å². The number of hydrogen-bond donors (Lipinski definition) is 1. The lowest BCUT2D eigenvalue weighted by Gasteiger charge is -2.38. The highest BCUT2D eigenvalue weighted by atomic mass is 32.2. The molecule has 24 heavy (non-hydrogen) atoms. The molecule has 0 saturated carbocycles. The molecule has 1 unspecified atom stereocenters. The summed E-state index contributed by atoms with van der Waals surface area (Å²) < 4.78 is 40.0. The molecule has 2 saturated heterocycles. The molecule has 3 aliphatic heterocycles. The summed E-state index contributed by atoms with van der Waals surface area (Å²) >= 11 is 0. The van der Waals surface area contributed by atoms with Crippen molar-refractivity contribution in [3.8, 4) is 0 Å². The summed E-state index contributed by atoms with van der Waals surface area (Å²) in [6, 6.07) is 6.99. The first-order valence-electron chi connectivity index (χ1n) is 8.31. The highest BCUT2D eigenvalue weighted by Crippen LogP contribution is 2.28. The summed E-state index contributed by atoms with van der Waals surface area (Å²) in [6.07, 6.45) is 2.98. The molecule has 0 aromatic heterocycles. The summed E-state index contributed by atoms with van der Waals surface area (Å²) in [5.74, 6) is 0.457. The van der Waals surface area contributed by atoms with Gasteiger partial charge < -0.3 is 14.8 Å². The second-order valence-corrected chi connectivity index (χ2v) is 7.85. The van der Waals surface area contributed by atoms with E-state index in [9.17, 15) is 8.42 Å². The number of nitrogens with one attached hydrogen (secondary N) is 1. The largest absolute Gasteiger partial charge is 0.349 e. The second kappa shape index (κ2) is 6.44. The topological polar surface area (TPSA) is 80.2 Å². The molecule has 1 N–H and O–H groups in total. The Hall–Kier alpha value is -1.48. The molecule has 3 aliphatic rings. The Labute approximate surface area is 141 Å². The third-order valence-electron chi connectivity index (χ3n) is 4.65. The fourth-order valence-corrected chi connectivity index (χ4v) is 4.69. The first-order valence-corrected chi connectivity index (χ1v) is 9.75. The van der Waals surface area contributed by atoms with Crippen LogP contribution in [-0.2, 0) is 19.5 Å². The number of para-hydroxylation sites is 1. The van der Waals surface area contributed by atoms with Gasteiger partial charge in [0, 0.05) is 0 Å². The van der Waals surface area contributed by atoms with Gasteiger partial charge in [0.25, 0.3) is 10.0 Å². The molecule has 2 fully saturated rings. The fraction of sp³-hybridized carbons (Fsp3) is 0.562. The van der Waals surface area contributed by atoms with Crippen molar-refractivity contribution in [2.24, 2.45) is 4.40 Å². The summed E-state index contributed by atoms with van der Waals surface area (Å²) in [7, 11) is -3.64. The van der Waals surface area contributed by atoms with Crippen LogP contribution in [0.3, 0.4) is 0 Å². The minimum Gasteiger partial charge on any atom is -0.349 e. The number of hydrogen-bond acceptors (Lipinski definition) is 6. The van der Waals surface area contributed by atoms with Crippen molar-refractivity contribution in [1.82, 2.24) is 4.90 Å². The van der Waals surface area contributed by atoms with Crippen molar-refractivity contribution in [1.29, 1.82) is 0 Å². The van der Waals surface area contributed by atoms with Crippen LogP contribution >= 0.6 is 0 Å². The predicted octanol–water partition coefficient (Wildman–Crippen LogP) is 1.43. The Bertz CT molecular complexity index is 743. The first-order chi connectivity index (χ1) is 11.6. The maximum atomic E-state index is 12.4. The van der Waals surface area contributed by atoms with Crippen molar-refractivity contribution in [3.05, 3.63) is 24.3 Å². The van der Waals surface area contributed by atoms with Gasteiger partial charge in [-0.1, -0.05) is 18.6 Å². The van der Waals surface area contributed by atoms with Gasteiger partial charge in [0.1, 0.15) is 10.7 Å². The van der Waals surface area contributed by atoms with E-state index in [1.54, 1.807) is 18.2 Å². The third kappa shape index (κ3) is 3.06. The van der Waals surface area contributed by atoms with E-state index in [0.29, 0.717) is 31.3 Å². The van der Waals surface area contributed by atoms with Crippen LogP contribution in [0.5, 0.6) is 0 Å². The van der Waals surface area contributed by atoms with E-state index in [1.165, 1.54) is 0 Å². The molecule has 0 aliphatic carbocycles. The van der Waals surface area contributed by atoms with Crippen molar-refractivity contribution < 1.29 is 17.9 Å². The Balaban J connectivity index is 1.55. The van der Waals surface area contributed by atoms with Crippen LogP contribution in [-0.4, -0.2) is 57.8 Å². The number of rotatable bonds is 3. The number of anilines is 1. The SMILES string of the molecule is O=S1(=O)N=C(CN2CCCCC2C2OCCO2)Nc2ccccc21. The minimum atomic E-state index is -3.64. The number of nitrogens with zero attached hydrogens (tertiary/aromatic N) is 2. The van der Waals surface area contributed by atoms with Crippen LogP contribution in [0.2, 0.25) is 0 Å². The van der Waals surface area contributed by atoms with E-state index in [-0.39, 0.29) is 17.2 Å². The second-order valence-electron chi connectivity index (χ2n) is 6.28. The summed E-state index contributed by atoms with van der Waals surface area (Å²) in [4.78, 5) is 2.45. The maximum absolute atomic E-state index is 12.4. The van der Waals surface area contributed by atoms with E-state index < -0.39 is 10.0 Å². The summed E-state index contributed by atoms with van der Waals surface area (Å²) in [6.45, 7) is 2.57. The molecule has 8 heteroatoms. The van der Waals surface area contributed by atoms with Gasteiger partial charge in [-0.15, -0.1) is 4.40 Å². The van der Waals surface area contributed by atoms with Gasteiger partial charge in [-0.25, -0.2) is 0 Å². The molecule has 0 bridgehead atoms. The Morgan fingerprint density at radius 3 is 2.83 bits per heavy atom. The quantitative estimate of drug-likeness (QED) is 0.887. The van der Waals surface area contributed by atoms with E-state index >= 15 is 0 Å². The van der Waals surface area contributed by atoms with E-state index in [0.717, 1.165) is 25.8 Å². The number of benzene rings is 1. The Morgan fingerprint density at radius 1 is 1.21 bits per heavy atom. The lowest BCUT2D eigenvalue weighted by Crippen LogP contribution is -2.50. The highest BCUT2D eigenvalue weighted by Gasteiger charge is 2.35. The average molecular weight is 351 g/mol. The molecule has 0 spiro atoms. The van der Waals surface area contributed by atoms with Crippen molar-refractivity contribution in [2.75, 3.05) is 31.6 Å². The van der Waals surface area contributed by atoms with Crippen LogP contribution in [0, 0.1) is 0 Å². The number of piperidine rings is 1. The number of amidine groups is 1.